The van der Waals surface area contributed by atoms with Gasteiger partial charge in [0, 0.05) is 10.7 Å². The van der Waals surface area contributed by atoms with Crippen LogP contribution in [0.1, 0.15) is 29.4 Å². The second kappa shape index (κ2) is 8.22. The molecule has 0 bridgehead atoms. The van der Waals surface area contributed by atoms with Crippen LogP contribution in [-0.4, -0.2) is 22.3 Å². The fourth-order valence-corrected chi connectivity index (χ4v) is 2.66. The van der Waals surface area contributed by atoms with Gasteiger partial charge in [-0.2, -0.15) is 5.10 Å². The van der Waals surface area contributed by atoms with Crippen molar-refractivity contribution in [2.45, 2.75) is 20.3 Å². The molecule has 3 aromatic rings. The molecule has 0 saturated carbocycles. The van der Waals surface area contributed by atoms with Crippen LogP contribution in [0, 0.1) is 12.7 Å². The Morgan fingerprint density at radius 1 is 1.26 bits per heavy atom. The summed E-state index contributed by atoms with van der Waals surface area (Å²) in [5, 5.41) is 7.72. The largest absolute Gasteiger partial charge is 0.489 e. The standard InChI is InChI=1S/C20H19ClFN3O2/c1-3-11-27-18-12-25(15-9-7-14(22)8-10-15)24-19(18)20(26)23-17-6-4-5-16(21)13(17)2/h4-10,12H,3,11H2,1-2H3,(H,23,26). The second-order valence-electron chi connectivity index (χ2n) is 5.98. The molecular weight excluding hydrogens is 369 g/mol. The molecule has 5 nitrogen and oxygen atoms in total. The summed E-state index contributed by atoms with van der Waals surface area (Å²) in [6.45, 7) is 4.24. The van der Waals surface area contributed by atoms with Gasteiger partial charge in [0.2, 0.25) is 0 Å². The van der Waals surface area contributed by atoms with Gasteiger partial charge in [-0.1, -0.05) is 24.6 Å². The van der Waals surface area contributed by atoms with Gasteiger partial charge < -0.3 is 10.1 Å². The van der Waals surface area contributed by atoms with Crippen molar-refractivity contribution in [1.29, 1.82) is 0 Å². The summed E-state index contributed by atoms with van der Waals surface area (Å²) in [5.74, 6) is -0.395. The Morgan fingerprint density at radius 2 is 2.00 bits per heavy atom. The molecule has 7 heteroatoms. The number of amides is 1. The molecule has 1 heterocycles. The number of benzene rings is 2. The molecule has 0 spiro atoms. The van der Waals surface area contributed by atoms with Crippen molar-refractivity contribution < 1.29 is 13.9 Å². The van der Waals surface area contributed by atoms with E-state index < -0.39 is 5.91 Å². The summed E-state index contributed by atoms with van der Waals surface area (Å²) in [6, 6.07) is 11.1. The SMILES string of the molecule is CCCOc1cn(-c2ccc(F)cc2)nc1C(=O)Nc1cccc(Cl)c1C. The maximum atomic E-state index is 13.2. The quantitative estimate of drug-likeness (QED) is 0.646. The number of nitrogens with one attached hydrogen (secondary N) is 1. The third-order valence-electron chi connectivity index (χ3n) is 3.96. The van der Waals surface area contributed by atoms with Crippen molar-refractivity contribution in [3.8, 4) is 11.4 Å². The lowest BCUT2D eigenvalue weighted by molar-refractivity contribution is 0.101. The van der Waals surface area contributed by atoms with E-state index >= 15 is 0 Å². The summed E-state index contributed by atoms with van der Waals surface area (Å²) in [5.41, 5.74) is 2.13. The number of hydrogen-bond acceptors (Lipinski definition) is 3. The first-order valence-corrected chi connectivity index (χ1v) is 8.92. The van der Waals surface area contributed by atoms with Crippen molar-refractivity contribution in [1.82, 2.24) is 9.78 Å². The Morgan fingerprint density at radius 3 is 2.70 bits per heavy atom. The van der Waals surface area contributed by atoms with Gasteiger partial charge in [-0.05, 0) is 55.3 Å². The van der Waals surface area contributed by atoms with Gasteiger partial charge in [0.05, 0.1) is 18.5 Å². The van der Waals surface area contributed by atoms with E-state index in [9.17, 15) is 9.18 Å². The van der Waals surface area contributed by atoms with Crippen molar-refractivity contribution in [2.75, 3.05) is 11.9 Å². The summed E-state index contributed by atoms with van der Waals surface area (Å²) in [7, 11) is 0. The van der Waals surface area contributed by atoms with E-state index in [2.05, 4.69) is 10.4 Å². The molecular formula is C20H19ClFN3O2. The molecule has 1 aromatic heterocycles. The van der Waals surface area contributed by atoms with Gasteiger partial charge in [0.25, 0.3) is 5.91 Å². The number of hydrogen-bond donors (Lipinski definition) is 1. The zero-order valence-corrected chi connectivity index (χ0v) is 15.8. The van der Waals surface area contributed by atoms with Gasteiger partial charge in [0.1, 0.15) is 5.82 Å². The topological polar surface area (TPSA) is 56.2 Å². The Hall–Kier alpha value is -2.86. The first-order valence-electron chi connectivity index (χ1n) is 8.54. The Kier molecular flexibility index (Phi) is 5.76. The molecule has 2 aromatic carbocycles. The fourth-order valence-electron chi connectivity index (χ4n) is 2.48. The molecule has 1 amide bonds. The van der Waals surface area contributed by atoms with Crippen LogP contribution in [0.2, 0.25) is 5.02 Å². The van der Waals surface area contributed by atoms with Crippen molar-refractivity contribution in [2.24, 2.45) is 0 Å². The summed E-state index contributed by atoms with van der Waals surface area (Å²) in [4.78, 5) is 12.8. The summed E-state index contributed by atoms with van der Waals surface area (Å²) in [6.07, 6.45) is 2.40. The van der Waals surface area contributed by atoms with Crippen LogP contribution >= 0.6 is 11.6 Å². The van der Waals surface area contributed by atoms with E-state index in [4.69, 9.17) is 16.3 Å². The van der Waals surface area contributed by atoms with E-state index in [-0.39, 0.29) is 11.5 Å². The van der Waals surface area contributed by atoms with E-state index in [0.29, 0.717) is 28.8 Å². The lowest BCUT2D eigenvalue weighted by Gasteiger charge is -2.09. The maximum absolute atomic E-state index is 13.2. The fraction of sp³-hybridized carbons (Fsp3) is 0.200. The molecule has 140 valence electrons. The van der Waals surface area contributed by atoms with Crippen LogP contribution in [-0.2, 0) is 0 Å². The number of halogens is 2. The monoisotopic (exact) mass is 387 g/mol. The zero-order valence-electron chi connectivity index (χ0n) is 15.0. The van der Waals surface area contributed by atoms with E-state index in [1.165, 1.54) is 16.8 Å². The minimum atomic E-state index is -0.410. The normalized spacial score (nSPS) is 10.7. The minimum absolute atomic E-state index is 0.146. The highest BCUT2D eigenvalue weighted by molar-refractivity contribution is 6.31. The van der Waals surface area contributed by atoms with E-state index in [1.54, 1.807) is 36.5 Å². The Bertz CT molecular complexity index is 954. The van der Waals surface area contributed by atoms with Crippen molar-refractivity contribution >= 4 is 23.2 Å². The molecule has 0 unspecified atom stereocenters. The molecule has 0 atom stereocenters. The smallest absolute Gasteiger partial charge is 0.280 e. The number of ether oxygens (including phenoxy) is 1. The second-order valence-corrected chi connectivity index (χ2v) is 6.39. The highest BCUT2D eigenvalue weighted by Crippen LogP contribution is 2.26. The number of carbonyl (C=O) groups excluding carboxylic acids is 1. The molecule has 0 fully saturated rings. The number of nitrogens with zero attached hydrogens (tertiary/aromatic N) is 2. The first kappa shape index (κ1) is 18.9. The van der Waals surface area contributed by atoms with Crippen LogP contribution in [0.4, 0.5) is 10.1 Å². The van der Waals surface area contributed by atoms with Gasteiger partial charge >= 0.3 is 0 Å². The third kappa shape index (κ3) is 4.28. The molecule has 3 rings (SSSR count). The maximum Gasteiger partial charge on any atom is 0.280 e. The average Bonchev–Trinajstić information content (AvgIpc) is 3.08. The predicted molar refractivity (Wildman–Crippen MR) is 103 cm³/mol. The van der Waals surface area contributed by atoms with Crippen LogP contribution in [0.25, 0.3) is 5.69 Å². The lowest BCUT2D eigenvalue weighted by Crippen LogP contribution is -2.15. The van der Waals surface area contributed by atoms with Gasteiger partial charge in [-0.25, -0.2) is 9.07 Å². The molecule has 0 aliphatic heterocycles. The number of anilines is 1. The molecule has 0 saturated heterocycles. The highest BCUT2D eigenvalue weighted by atomic mass is 35.5. The van der Waals surface area contributed by atoms with E-state index in [0.717, 1.165) is 12.0 Å². The molecule has 27 heavy (non-hydrogen) atoms. The first-order chi connectivity index (χ1) is 13.0. The van der Waals surface area contributed by atoms with Crippen molar-refractivity contribution in [3.05, 3.63) is 70.8 Å². The highest BCUT2D eigenvalue weighted by Gasteiger charge is 2.20. The molecule has 0 aliphatic carbocycles. The lowest BCUT2D eigenvalue weighted by atomic mass is 10.2. The Labute approximate surface area is 161 Å². The predicted octanol–water partition coefficient (Wildman–Crippen LogP) is 5.01. The zero-order chi connectivity index (χ0) is 19.4. The number of rotatable bonds is 6. The molecule has 0 radical (unpaired) electrons. The Balaban J connectivity index is 1.93. The van der Waals surface area contributed by atoms with Crippen molar-refractivity contribution in [3.63, 3.8) is 0 Å². The van der Waals surface area contributed by atoms with Crippen LogP contribution < -0.4 is 10.1 Å². The third-order valence-corrected chi connectivity index (χ3v) is 4.37. The van der Waals surface area contributed by atoms with Gasteiger partial charge in [-0.15, -0.1) is 0 Å². The van der Waals surface area contributed by atoms with Crippen LogP contribution in [0.3, 0.4) is 0 Å². The van der Waals surface area contributed by atoms with Crippen LogP contribution in [0.15, 0.2) is 48.7 Å². The minimum Gasteiger partial charge on any atom is -0.489 e. The summed E-state index contributed by atoms with van der Waals surface area (Å²) < 4.78 is 20.3. The van der Waals surface area contributed by atoms with Crippen LogP contribution in [0.5, 0.6) is 5.75 Å². The summed E-state index contributed by atoms with van der Waals surface area (Å²) >= 11 is 6.11. The molecule has 0 aliphatic rings. The molecule has 1 N–H and O–H groups in total. The number of carbonyl (C=O) groups is 1. The average molecular weight is 388 g/mol. The van der Waals surface area contributed by atoms with Gasteiger partial charge in [-0.3, -0.25) is 4.79 Å². The van der Waals surface area contributed by atoms with E-state index in [1.807, 2.05) is 13.8 Å². The number of aromatic nitrogens is 2. The van der Waals surface area contributed by atoms with Gasteiger partial charge in [0.15, 0.2) is 11.4 Å².